The van der Waals surface area contributed by atoms with Crippen LogP contribution < -0.4 is 11.1 Å². The predicted molar refractivity (Wildman–Crippen MR) is 70.4 cm³/mol. The van der Waals surface area contributed by atoms with E-state index in [0.717, 1.165) is 11.1 Å². The van der Waals surface area contributed by atoms with Gasteiger partial charge in [-0.15, -0.1) is 0 Å². The summed E-state index contributed by atoms with van der Waals surface area (Å²) in [5.41, 5.74) is 7.22. The van der Waals surface area contributed by atoms with Crippen molar-refractivity contribution in [3.05, 3.63) is 28.8 Å². The Morgan fingerprint density at radius 1 is 1.39 bits per heavy atom. The van der Waals surface area contributed by atoms with Crippen molar-refractivity contribution in [2.45, 2.75) is 26.4 Å². The molecule has 0 aliphatic heterocycles. The molecule has 18 heavy (non-hydrogen) atoms. The fraction of sp³-hybridized carbons (Fsp3) is 0.462. The normalized spacial score (nSPS) is 14.1. The molecule has 5 heteroatoms. The van der Waals surface area contributed by atoms with Crippen molar-refractivity contribution in [2.24, 2.45) is 0 Å². The maximum absolute atomic E-state index is 11.9. The van der Waals surface area contributed by atoms with Gasteiger partial charge in [0.1, 0.15) is 5.60 Å². The molecule has 1 amide bonds. The lowest BCUT2D eigenvalue weighted by Gasteiger charge is -2.21. The number of aryl methyl sites for hydroxylation is 2. The molecule has 5 N–H and O–H groups in total. The Balaban J connectivity index is 2.82. The van der Waals surface area contributed by atoms with Gasteiger partial charge in [-0.25, -0.2) is 0 Å². The van der Waals surface area contributed by atoms with Crippen molar-refractivity contribution in [3.63, 3.8) is 0 Å². The third-order valence-electron chi connectivity index (χ3n) is 2.83. The molecule has 5 nitrogen and oxygen atoms in total. The van der Waals surface area contributed by atoms with Gasteiger partial charge in [0.05, 0.1) is 6.61 Å². The number of carbonyl (C=O) groups is 1. The monoisotopic (exact) mass is 252 g/mol. The Hall–Kier alpha value is -1.59. The Bertz CT molecular complexity index is 456. The van der Waals surface area contributed by atoms with Crippen LogP contribution in [0.2, 0.25) is 0 Å². The third kappa shape index (κ3) is 3.45. The number of hydrogen-bond donors (Lipinski definition) is 4. The highest BCUT2D eigenvalue weighted by Gasteiger charge is 2.20. The van der Waals surface area contributed by atoms with Crippen LogP contribution in [0, 0.1) is 13.8 Å². The Morgan fingerprint density at radius 2 is 2.00 bits per heavy atom. The number of nitrogen functional groups attached to an aromatic ring is 1. The van der Waals surface area contributed by atoms with Gasteiger partial charge in [0.15, 0.2) is 0 Å². The number of anilines is 1. The minimum absolute atomic E-state index is 0.0183. The van der Waals surface area contributed by atoms with E-state index in [1.807, 2.05) is 19.9 Å². The lowest BCUT2D eigenvalue weighted by molar-refractivity contribution is 0.00319. The molecule has 0 bridgehead atoms. The topological polar surface area (TPSA) is 95.6 Å². The molecule has 1 aromatic rings. The summed E-state index contributed by atoms with van der Waals surface area (Å²) in [5, 5.41) is 21.1. The summed E-state index contributed by atoms with van der Waals surface area (Å²) in [4.78, 5) is 11.9. The van der Waals surface area contributed by atoms with Gasteiger partial charge in [-0.05, 0) is 38.0 Å². The van der Waals surface area contributed by atoms with E-state index in [0.29, 0.717) is 11.3 Å². The van der Waals surface area contributed by atoms with Gasteiger partial charge in [0, 0.05) is 17.8 Å². The molecular formula is C13H20N2O3. The van der Waals surface area contributed by atoms with Crippen LogP contribution >= 0.6 is 0 Å². The van der Waals surface area contributed by atoms with E-state index in [1.54, 1.807) is 6.07 Å². The lowest BCUT2D eigenvalue weighted by atomic mass is 10.0. The molecule has 0 saturated carbocycles. The molecule has 1 rings (SSSR count). The van der Waals surface area contributed by atoms with Crippen molar-refractivity contribution < 1.29 is 15.0 Å². The molecule has 0 fully saturated rings. The largest absolute Gasteiger partial charge is 0.398 e. The van der Waals surface area contributed by atoms with Crippen molar-refractivity contribution >= 4 is 11.6 Å². The van der Waals surface area contributed by atoms with Gasteiger partial charge in [-0.1, -0.05) is 6.07 Å². The minimum Gasteiger partial charge on any atom is -0.398 e. The minimum atomic E-state index is -1.32. The summed E-state index contributed by atoms with van der Waals surface area (Å²) in [7, 11) is 0. The van der Waals surface area contributed by atoms with E-state index >= 15 is 0 Å². The van der Waals surface area contributed by atoms with Crippen LogP contribution in [0.25, 0.3) is 0 Å². The maximum atomic E-state index is 11.9. The molecule has 1 unspecified atom stereocenters. The summed E-state index contributed by atoms with van der Waals surface area (Å²) in [5.74, 6) is -0.312. The zero-order valence-corrected chi connectivity index (χ0v) is 10.9. The first-order valence-electron chi connectivity index (χ1n) is 5.75. The Labute approximate surface area is 107 Å². The number of nitrogens with two attached hydrogens (primary N) is 1. The van der Waals surface area contributed by atoms with Crippen LogP contribution in [-0.2, 0) is 0 Å². The fourth-order valence-corrected chi connectivity index (χ4v) is 1.54. The van der Waals surface area contributed by atoms with Crippen LogP contribution in [0.1, 0.15) is 28.4 Å². The SMILES string of the molecule is Cc1cc(C)c(C(=O)NCC(C)(O)CO)cc1N. The van der Waals surface area contributed by atoms with Crippen LogP contribution in [0.3, 0.4) is 0 Å². The smallest absolute Gasteiger partial charge is 0.251 e. The summed E-state index contributed by atoms with van der Waals surface area (Å²) in [6.07, 6.45) is 0. The second-order valence-electron chi connectivity index (χ2n) is 4.86. The van der Waals surface area contributed by atoms with Gasteiger partial charge in [-0.2, -0.15) is 0 Å². The van der Waals surface area contributed by atoms with Gasteiger partial charge >= 0.3 is 0 Å². The zero-order valence-electron chi connectivity index (χ0n) is 10.9. The molecule has 0 aliphatic rings. The highest BCUT2D eigenvalue weighted by molar-refractivity contribution is 5.96. The van der Waals surface area contributed by atoms with Crippen molar-refractivity contribution in [1.29, 1.82) is 0 Å². The van der Waals surface area contributed by atoms with Crippen LogP contribution in [0.5, 0.6) is 0 Å². The molecule has 0 aliphatic carbocycles. The maximum Gasteiger partial charge on any atom is 0.251 e. The number of nitrogens with one attached hydrogen (secondary N) is 1. The summed E-state index contributed by atoms with van der Waals surface area (Å²) >= 11 is 0. The average Bonchev–Trinajstić information content (AvgIpc) is 2.31. The highest BCUT2D eigenvalue weighted by Crippen LogP contribution is 2.17. The van der Waals surface area contributed by atoms with Crippen LogP contribution in [-0.4, -0.2) is 34.9 Å². The van der Waals surface area contributed by atoms with E-state index in [2.05, 4.69) is 5.32 Å². The number of amides is 1. The Kier molecular flexibility index (Phi) is 4.32. The van der Waals surface area contributed by atoms with E-state index in [4.69, 9.17) is 10.8 Å². The molecule has 0 heterocycles. The van der Waals surface area contributed by atoms with Crippen molar-refractivity contribution in [2.75, 3.05) is 18.9 Å². The second-order valence-corrected chi connectivity index (χ2v) is 4.86. The predicted octanol–water partition coefficient (Wildman–Crippen LogP) is 0.359. The quantitative estimate of drug-likeness (QED) is 0.582. The molecule has 1 aromatic carbocycles. The first-order chi connectivity index (χ1) is 8.26. The van der Waals surface area contributed by atoms with Crippen molar-refractivity contribution in [1.82, 2.24) is 5.32 Å². The lowest BCUT2D eigenvalue weighted by Crippen LogP contribution is -2.43. The Morgan fingerprint density at radius 3 is 2.56 bits per heavy atom. The third-order valence-corrected chi connectivity index (χ3v) is 2.83. The highest BCUT2D eigenvalue weighted by atomic mass is 16.3. The molecule has 0 radical (unpaired) electrons. The average molecular weight is 252 g/mol. The first-order valence-corrected chi connectivity index (χ1v) is 5.75. The molecular weight excluding hydrogens is 232 g/mol. The molecule has 0 saturated heterocycles. The number of hydrogen-bond acceptors (Lipinski definition) is 4. The number of aliphatic hydroxyl groups excluding tert-OH is 1. The number of rotatable bonds is 4. The number of benzene rings is 1. The van der Waals surface area contributed by atoms with Gasteiger partial charge in [0.2, 0.25) is 0 Å². The zero-order chi connectivity index (χ0) is 13.9. The standard InChI is InChI=1S/C13H20N2O3/c1-8-4-9(2)11(14)5-10(8)12(17)15-6-13(3,18)7-16/h4-5,16,18H,6-7,14H2,1-3H3,(H,15,17). The summed E-state index contributed by atoms with van der Waals surface area (Å²) in [6.45, 7) is 4.72. The van der Waals surface area contributed by atoms with E-state index < -0.39 is 12.2 Å². The molecule has 0 aromatic heterocycles. The van der Waals surface area contributed by atoms with Crippen LogP contribution in [0.15, 0.2) is 12.1 Å². The van der Waals surface area contributed by atoms with Crippen molar-refractivity contribution in [3.8, 4) is 0 Å². The molecule has 100 valence electrons. The van der Waals surface area contributed by atoms with Crippen LogP contribution in [0.4, 0.5) is 5.69 Å². The summed E-state index contributed by atoms with van der Waals surface area (Å²) in [6, 6.07) is 3.46. The van der Waals surface area contributed by atoms with E-state index in [1.165, 1.54) is 6.92 Å². The first kappa shape index (κ1) is 14.5. The fourth-order valence-electron chi connectivity index (χ4n) is 1.54. The van der Waals surface area contributed by atoms with Gasteiger partial charge in [0.25, 0.3) is 5.91 Å². The van der Waals surface area contributed by atoms with E-state index in [9.17, 15) is 9.90 Å². The van der Waals surface area contributed by atoms with E-state index in [-0.39, 0.29) is 12.5 Å². The van der Waals surface area contributed by atoms with Gasteiger partial charge in [-0.3, -0.25) is 4.79 Å². The molecule has 1 atom stereocenters. The summed E-state index contributed by atoms with van der Waals surface area (Å²) < 4.78 is 0. The van der Waals surface area contributed by atoms with Gasteiger partial charge < -0.3 is 21.3 Å². The molecule has 0 spiro atoms. The second kappa shape index (κ2) is 5.37. The number of aliphatic hydroxyl groups is 2. The number of carbonyl (C=O) groups excluding carboxylic acids is 1.